The van der Waals surface area contributed by atoms with E-state index in [1.165, 1.54) is 16.2 Å². The van der Waals surface area contributed by atoms with E-state index in [0.29, 0.717) is 35.3 Å². The molecule has 0 radical (unpaired) electrons. The first-order valence-corrected chi connectivity index (χ1v) is 6.10. The lowest BCUT2D eigenvalue weighted by Gasteiger charge is -2.15. The van der Waals surface area contributed by atoms with Crippen LogP contribution in [0.3, 0.4) is 0 Å². The summed E-state index contributed by atoms with van der Waals surface area (Å²) in [4.78, 5) is 13.3. The molecule has 0 atom stereocenters. The molecule has 2 rings (SSSR count). The fourth-order valence-corrected chi connectivity index (χ4v) is 3.42. The van der Waals surface area contributed by atoms with Crippen LogP contribution in [0.15, 0.2) is 0 Å². The average molecular weight is 266 g/mol. The average Bonchev–Trinajstić information content (AvgIpc) is 2.40. The fraction of sp³-hybridized carbons (Fsp3) is 0.444. The third kappa shape index (κ3) is 2.07. The van der Waals surface area contributed by atoms with E-state index >= 15 is 0 Å². The van der Waals surface area contributed by atoms with Gasteiger partial charge in [0.25, 0.3) is 0 Å². The van der Waals surface area contributed by atoms with Gasteiger partial charge in [-0.2, -0.15) is 0 Å². The number of halogens is 2. The zero-order valence-electron chi connectivity index (χ0n) is 7.80. The highest BCUT2D eigenvalue weighted by Crippen LogP contribution is 2.38. The second-order valence-electron chi connectivity index (χ2n) is 3.36. The molecule has 2 heterocycles. The van der Waals surface area contributed by atoms with E-state index in [1.807, 2.05) is 0 Å². The first-order chi connectivity index (χ1) is 7.09. The summed E-state index contributed by atoms with van der Waals surface area (Å²) in [7, 11) is 0. The molecule has 0 saturated carbocycles. The maximum absolute atomic E-state index is 10.8. The molecule has 1 amide bonds. The largest absolute Gasteiger partial charge is 0.465 e. The van der Waals surface area contributed by atoms with Crippen molar-refractivity contribution < 1.29 is 9.90 Å². The van der Waals surface area contributed by atoms with E-state index in [-0.39, 0.29) is 0 Å². The Bertz CT molecular complexity index is 405. The van der Waals surface area contributed by atoms with Crippen LogP contribution in [0, 0.1) is 0 Å². The van der Waals surface area contributed by atoms with Gasteiger partial charge in [0.05, 0.1) is 5.02 Å². The Kier molecular flexibility index (Phi) is 3.09. The van der Waals surface area contributed by atoms with E-state index in [4.69, 9.17) is 28.3 Å². The van der Waals surface area contributed by atoms with Crippen molar-refractivity contribution in [3.63, 3.8) is 0 Å². The number of carbonyl (C=O) groups is 1. The van der Waals surface area contributed by atoms with Crippen molar-refractivity contribution in [3.05, 3.63) is 19.8 Å². The van der Waals surface area contributed by atoms with E-state index in [2.05, 4.69) is 0 Å². The van der Waals surface area contributed by atoms with E-state index in [0.717, 1.165) is 10.4 Å². The van der Waals surface area contributed by atoms with E-state index in [9.17, 15) is 4.79 Å². The number of rotatable bonds is 0. The van der Waals surface area contributed by atoms with Gasteiger partial charge in [0.2, 0.25) is 0 Å². The van der Waals surface area contributed by atoms with Crippen LogP contribution < -0.4 is 0 Å². The Morgan fingerprint density at radius 2 is 2.00 bits per heavy atom. The summed E-state index contributed by atoms with van der Waals surface area (Å²) in [6.45, 7) is 1.02. The van der Waals surface area contributed by atoms with Gasteiger partial charge in [-0.3, -0.25) is 0 Å². The van der Waals surface area contributed by atoms with Crippen molar-refractivity contribution >= 4 is 40.6 Å². The van der Waals surface area contributed by atoms with Gasteiger partial charge in [-0.05, 0) is 18.4 Å². The summed E-state index contributed by atoms with van der Waals surface area (Å²) in [5, 5.41) is 9.47. The van der Waals surface area contributed by atoms with Crippen LogP contribution in [0.2, 0.25) is 9.36 Å². The first kappa shape index (κ1) is 11.0. The summed E-state index contributed by atoms with van der Waals surface area (Å²) in [5.41, 5.74) is 1.02. The minimum atomic E-state index is -0.868. The Morgan fingerprint density at radius 3 is 2.67 bits per heavy atom. The number of carboxylic acid groups (broad SMARTS) is 1. The third-order valence-electron chi connectivity index (χ3n) is 2.50. The van der Waals surface area contributed by atoms with Gasteiger partial charge in [-0.15, -0.1) is 11.3 Å². The number of thiophene rings is 1. The van der Waals surface area contributed by atoms with Crippen LogP contribution in [0.5, 0.6) is 0 Å². The molecule has 82 valence electrons. The predicted molar refractivity (Wildman–Crippen MR) is 61.3 cm³/mol. The minimum absolute atomic E-state index is 0.495. The summed E-state index contributed by atoms with van der Waals surface area (Å²) < 4.78 is 0.616. The molecular formula is C9H9Cl2NO2S. The SMILES string of the molecule is O=C(O)N1CCc2sc(Cl)c(Cl)c2CC1. The molecule has 0 aromatic carbocycles. The molecule has 0 fully saturated rings. The summed E-state index contributed by atoms with van der Waals surface area (Å²) in [5.74, 6) is 0. The molecule has 0 spiro atoms. The van der Waals surface area contributed by atoms with Crippen molar-refractivity contribution in [3.8, 4) is 0 Å². The summed E-state index contributed by atoms with van der Waals surface area (Å²) in [6.07, 6.45) is 0.495. The summed E-state index contributed by atoms with van der Waals surface area (Å²) >= 11 is 13.4. The van der Waals surface area contributed by atoms with Crippen LogP contribution in [0.25, 0.3) is 0 Å². The van der Waals surface area contributed by atoms with Crippen molar-refractivity contribution in [1.82, 2.24) is 4.90 Å². The molecule has 15 heavy (non-hydrogen) atoms. The number of fused-ring (bicyclic) bond motifs is 1. The number of amides is 1. The molecule has 0 bridgehead atoms. The molecule has 1 aliphatic rings. The van der Waals surface area contributed by atoms with Gasteiger partial charge in [0.1, 0.15) is 4.34 Å². The lowest BCUT2D eigenvalue weighted by atomic mass is 10.2. The molecule has 0 saturated heterocycles. The van der Waals surface area contributed by atoms with Crippen LogP contribution >= 0.6 is 34.5 Å². The van der Waals surface area contributed by atoms with Crippen molar-refractivity contribution in [2.45, 2.75) is 12.8 Å². The Labute approximate surface area is 101 Å². The second kappa shape index (κ2) is 4.20. The van der Waals surface area contributed by atoms with Gasteiger partial charge in [-0.1, -0.05) is 23.2 Å². The molecule has 6 heteroatoms. The van der Waals surface area contributed by atoms with Crippen LogP contribution in [0.1, 0.15) is 10.4 Å². The van der Waals surface area contributed by atoms with E-state index < -0.39 is 6.09 Å². The van der Waals surface area contributed by atoms with Crippen LogP contribution in [-0.4, -0.2) is 29.2 Å². The zero-order chi connectivity index (χ0) is 11.0. The zero-order valence-corrected chi connectivity index (χ0v) is 10.1. The standard InChI is InChI=1S/C9H9Cl2NO2S/c10-7-5-1-3-12(9(13)14)4-2-6(5)15-8(7)11/h1-4H2,(H,13,14). The van der Waals surface area contributed by atoms with Gasteiger partial charge in [-0.25, -0.2) is 4.79 Å². The maximum atomic E-state index is 10.8. The Hall–Kier alpha value is -0.450. The highest BCUT2D eigenvalue weighted by molar-refractivity contribution is 7.17. The van der Waals surface area contributed by atoms with Gasteiger partial charge >= 0.3 is 6.09 Å². The Balaban J connectivity index is 2.24. The molecule has 0 unspecified atom stereocenters. The fourth-order valence-electron chi connectivity index (χ4n) is 1.69. The highest BCUT2D eigenvalue weighted by Gasteiger charge is 2.22. The third-order valence-corrected chi connectivity index (χ3v) is 4.62. The molecule has 1 aromatic rings. The van der Waals surface area contributed by atoms with Gasteiger partial charge < -0.3 is 10.0 Å². The lowest BCUT2D eigenvalue weighted by Crippen LogP contribution is -2.31. The van der Waals surface area contributed by atoms with Gasteiger partial charge in [0.15, 0.2) is 0 Å². The topological polar surface area (TPSA) is 40.5 Å². The van der Waals surface area contributed by atoms with Crippen molar-refractivity contribution in [2.75, 3.05) is 13.1 Å². The van der Waals surface area contributed by atoms with Gasteiger partial charge in [0, 0.05) is 18.0 Å². The smallest absolute Gasteiger partial charge is 0.407 e. The van der Waals surface area contributed by atoms with Crippen molar-refractivity contribution in [2.24, 2.45) is 0 Å². The summed E-state index contributed by atoms with van der Waals surface area (Å²) in [6, 6.07) is 0. The van der Waals surface area contributed by atoms with Crippen LogP contribution in [-0.2, 0) is 12.8 Å². The van der Waals surface area contributed by atoms with Crippen molar-refractivity contribution in [1.29, 1.82) is 0 Å². The minimum Gasteiger partial charge on any atom is -0.465 e. The maximum Gasteiger partial charge on any atom is 0.407 e. The molecular weight excluding hydrogens is 257 g/mol. The molecule has 1 N–H and O–H groups in total. The molecule has 1 aliphatic heterocycles. The monoisotopic (exact) mass is 265 g/mol. The highest BCUT2D eigenvalue weighted by atomic mass is 35.5. The first-order valence-electron chi connectivity index (χ1n) is 4.53. The second-order valence-corrected chi connectivity index (χ2v) is 5.45. The number of hydrogen-bond acceptors (Lipinski definition) is 2. The van der Waals surface area contributed by atoms with E-state index in [1.54, 1.807) is 0 Å². The molecule has 1 aromatic heterocycles. The normalized spacial score (nSPS) is 16.0. The predicted octanol–water partition coefficient (Wildman–Crippen LogP) is 3.13. The Morgan fingerprint density at radius 1 is 1.33 bits per heavy atom. The van der Waals surface area contributed by atoms with Crippen LogP contribution in [0.4, 0.5) is 4.79 Å². The number of nitrogens with zero attached hydrogens (tertiary/aromatic N) is 1. The quantitative estimate of drug-likeness (QED) is 0.783. The molecule has 0 aliphatic carbocycles. The molecule has 3 nitrogen and oxygen atoms in total. The lowest BCUT2D eigenvalue weighted by molar-refractivity contribution is 0.147. The number of hydrogen-bond donors (Lipinski definition) is 1.